The SMILES string of the molecule is Cc1c(-c2cc3cc(N4C[C@@H]5CN([C@H]6CCOC6)CC[C@@H]5OC4=O)ncc3c(N)c2F)cnc2c1NCCO2. The average Bonchev–Trinajstić information content (AvgIpc) is 3.50. The first-order valence-electron chi connectivity index (χ1n) is 13.5. The van der Waals surface area contributed by atoms with Crippen molar-refractivity contribution in [2.75, 3.05) is 62.0 Å². The van der Waals surface area contributed by atoms with Gasteiger partial charge in [-0.1, -0.05) is 0 Å². The van der Waals surface area contributed by atoms with Crippen LogP contribution in [0.2, 0.25) is 0 Å². The van der Waals surface area contributed by atoms with Gasteiger partial charge in [-0.15, -0.1) is 0 Å². The number of carbonyl (C=O) groups excluding carboxylic acids is 1. The summed E-state index contributed by atoms with van der Waals surface area (Å²) in [6.45, 7) is 6.90. The molecule has 0 saturated carbocycles. The highest BCUT2D eigenvalue weighted by Gasteiger charge is 2.42. The van der Waals surface area contributed by atoms with E-state index < -0.39 is 11.9 Å². The van der Waals surface area contributed by atoms with Crippen molar-refractivity contribution < 1.29 is 23.4 Å². The molecule has 1 aromatic carbocycles. The second-order valence-corrected chi connectivity index (χ2v) is 10.8. The van der Waals surface area contributed by atoms with Gasteiger partial charge in [0.05, 0.1) is 12.3 Å². The van der Waals surface area contributed by atoms with Gasteiger partial charge in [-0.25, -0.2) is 19.2 Å². The van der Waals surface area contributed by atoms with E-state index in [0.29, 0.717) is 59.3 Å². The number of pyridine rings is 2. The topological polar surface area (TPSA) is 115 Å². The van der Waals surface area contributed by atoms with E-state index in [2.05, 4.69) is 20.2 Å². The highest BCUT2D eigenvalue weighted by molar-refractivity contribution is 6.00. The summed E-state index contributed by atoms with van der Waals surface area (Å²) in [6.07, 6.45) is 4.50. The highest BCUT2D eigenvalue weighted by atomic mass is 19.1. The minimum absolute atomic E-state index is 0.00543. The number of amides is 1. The van der Waals surface area contributed by atoms with Gasteiger partial charge in [-0.3, -0.25) is 9.80 Å². The zero-order valence-electron chi connectivity index (χ0n) is 21.8. The van der Waals surface area contributed by atoms with Crippen molar-refractivity contribution in [1.29, 1.82) is 0 Å². The number of ether oxygens (including phenoxy) is 3. The maximum atomic E-state index is 15.6. The fourth-order valence-electron chi connectivity index (χ4n) is 6.32. The van der Waals surface area contributed by atoms with Crippen molar-refractivity contribution in [2.24, 2.45) is 5.92 Å². The molecule has 0 radical (unpaired) electrons. The summed E-state index contributed by atoms with van der Waals surface area (Å²) in [4.78, 5) is 26.0. The minimum Gasteiger partial charge on any atom is -0.474 e. The summed E-state index contributed by atoms with van der Waals surface area (Å²) in [5.41, 5.74) is 8.80. The summed E-state index contributed by atoms with van der Waals surface area (Å²) in [5, 5.41) is 4.46. The van der Waals surface area contributed by atoms with Gasteiger partial charge in [0, 0.05) is 73.7 Å². The summed E-state index contributed by atoms with van der Waals surface area (Å²) in [7, 11) is 0. The monoisotopic (exact) mass is 534 g/mol. The molecule has 10 nitrogen and oxygen atoms in total. The number of nitrogens with zero attached hydrogens (tertiary/aromatic N) is 4. The smallest absolute Gasteiger partial charge is 0.415 e. The number of piperidine rings is 1. The third-order valence-electron chi connectivity index (χ3n) is 8.50. The van der Waals surface area contributed by atoms with Crippen molar-refractivity contribution in [3.05, 3.63) is 35.9 Å². The van der Waals surface area contributed by atoms with Crippen LogP contribution in [-0.2, 0) is 9.47 Å². The van der Waals surface area contributed by atoms with Gasteiger partial charge in [0.15, 0.2) is 5.82 Å². The van der Waals surface area contributed by atoms with Gasteiger partial charge in [0.2, 0.25) is 5.88 Å². The number of rotatable bonds is 3. The molecule has 6 heterocycles. The number of hydrogen-bond acceptors (Lipinski definition) is 9. The van der Waals surface area contributed by atoms with Gasteiger partial charge in [0.25, 0.3) is 0 Å². The molecule has 204 valence electrons. The lowest BCUT2D eigenvalue weighted by atomic mass is 9.91. The Bertz CT molecular complexity index is 1460. The van der Waals surface area contributed by atoms with Crippen molar-refractivity contribution in [3.8, 4) is 17.0 Å². The summed E-state index contributed by atoms with van der Waals surface area (Å²) in [6, 6.07) is 3.95. The largest absolute Gasteiger partial charge is 0.474 e. The lowest BCUT2D eigenvalue weighted by molar-refractivity contribution is -0.0158. The van der Waals surface area contributed by atoms with E-state index in [1.807, 2.05) is 6.92 Å². The first-order chi connectivity index (χ1) is 19.0. The van der Waals surface area contributed by atoms with Gasteiger partial charge in [-0.05, 0) is 42.8 Å². The van der Waals surface area contributed by atoms with Crippen LogP contribution in [0.1, 0.15) is 18.4 Å². The third kappa shape index (κ3) is 4.11. The number of halogens is 1. The first-order valence-corrected chi connectivity index (χ1v) is 13.5. The number of anilines is 3. The van der Waals surface area contributed by atoms with Crippen molar-refractivity contribution in [1.82, 2.24) is 14.9 Å². The third-order valence-corrected chi connectivity index (χ3v) is 8.50. The molecule has 3 atom stereocenters. The van der Waals surface area contributed by atoms with Gasteiger partial charge >= 0.3 is 6.09 Å². The van der Waals surface area contributed by atoms with Gasteiger partial charge in [0.1, 0.15) is 24.2 Å². The van der Waals surface area contributed by atoms with Crippen LogP contribution in [0.15, 0.2) is 24.5 Å². The van der Waals surface area contributed by atoms with Crippen LogP contribution in [0, 0.1) is 18.7 Å². The Balaban J connectivity index is 1.22. The first kappa shape index (κ1) is 24.3. The number of nitrogen functional groups attached to an aromatic ring is 1. The Morgan fingerprint density at radius 1 is 1.13 bits per heavy atom. The number of aromatic nitrogens is 2. The van der Waals surface area contributed by atoms with Gasteiger partial charge in [-0.2, -0.15) is 0 Å². The molecule has 1 amide bonds. The Hall–Kier alpha value is -3.70. The van der Waals surface area contributed by atoms with Crippen molar-refractivity contribution >= 4 is 34.1 Å². The van der Waals surface area contributed by atoms with Crippen LogP contribution in [0.3, 0.4) is 0 Å². The van der Waals surface area contributed by atoms with Crippen LogP contribution in [-0.4, -0.2) is 79.1 Å². The van der Waals surface area contributed by atoms with Crippen molar-refractivity contribution in [2.45, 2.75) is 31.9 Å². The fraction of sp³-hybridized carbons (Fsp3) is 0.464. The van der Waals surface area contributed by atoms with Crippen LogP contribution in [0.4, 0.5) is 26.4 Å². The van der Waals surface area contributed by atoms with Gasteiger partial charge < -0.3 is 25.3 Å². The van der Waals surface area contributed by atoms with E-state index in [1.165, 1.54) is 6.20 Å². The molecule has 3 saturated heterocycles. The molecule has 0 bridgehead atoms. The van der Waals surface area contributed by atoms with Crippen molar-refractivity contribution in [3.63, 3.8) is 0 Å². The Morgan fingerprint density at radius 3 is 2.87 bits per heavy atom. The predicted octanol–water partition coefficient (Wildman–Crippen LogP) is 3.57. The number of fused-ring (bicyclic) bond motifs is 3. The molecule has 2 aromatic heterocycles. The quantitative estimate of drug-likeness (QED) is 0.487. The summed E-state index contributed by atoms with van der Waals surface area (Å²) >= 11 is 0. The molecular weight excluding hydrogens is 503 g/mol. The zero-order valence-corrected chi connectivity index (χ0v) is 21.8. The maximum absolute atomic E-state index is 15.6. The summed E-state index contributed by atoms with van der Waals surface area (Å²) < 4.78 is 32.6. The maximum Gasteiger partial charge on any atom is 0.415 e. The fourth-order valence-corrected chi connectivity index (χ4v) is 6.32. The normalized spacial score (nSPS) is 25.0. The molecule has 4 aliphatic rings. The van der Waals surface area contributed by atoms with Crippen LogP contribution >= 0.6 is 0 Å². The van der Waals surface area contributed by atoms with E-state index in [-0.39, 0.29) is 17.7 Å². The Kier molecular flexibility index (Phi) is 5.93. The lowest BCUT2D eigenvalue weighted by Crippen LogP contribution is -2.57. The standard InChI is InChI=1S/C28H31FN6O4/c1-15-20(10-33-27-26(15)31-4-7-38-27)19-8-16-9-23(32-11-21(16)25(30)24(19)29)35-13-17-12-34(18-3-6-37-14-18)5-2-22(17)39-28(35)36/h8-11,17-18,22,31H,2-7,12-14,30H2,1H3/t17-,18-,22-/m0/s1. The van der Waals surface area contributed by atoms with E-state index in [0.717, 1.165) is 50.4 Å². The molecule has 39 heavy (non-hydrogen) atoms. The lowest BCUT2D eigenvalue weighted by Gasteiger charge is -2.45. The number of hydrogen-bond donors (Lipinski definition) is 2. The molecule has 0 aliphatic carbocycles. The number of likely N-dealkylation sites (tertiary alicyclic amines) is 1. The second-order valence-electron chi connectivity index (χ2n) is 10.8. The molecule has 11 heteroatoms. The van der Waals surface area contributed by atoms with Crippen LogP contribution in [0.25, 0.3) is 21.9 Å². The number of nitrogens with two attached hydrogens (primary N) is 1. The molecular formula is C28H31FN6O4. The van der Waals surface area contributed by atoms with E-state index in [4.69, 9.17) is 19.9 Å². The highest BCUT2D eigenvalue weighted by Crippen LogP contribution is 2.40. The zero-order chi connectivity index (χ0) is 26.7. The van der Waals surface area contributed by atoms with E-state index in [9.17, 15) is 4.79 Å². The Morgan fingerprint density at radius 2 is 2.03 bits per heavy atom. The van der Waals surface area contributed by atoms with Crippen LogP contribution < -0.4 is 20.7 Å². The Labute approximate surface area is 225 Å². The molecule has 3 N–H and O–H groups in total. The predicted molar refractivity (Wildman–Crippen MR) is 145 cm³/mol. The molecule has 0 spiro atoms. The molecule has 4 aliphatic heterocycles. The number of benzene rings is 1. The number of carbonyl (C=O) groups is 1. The molecule has 7 rings (SSSR count). The molecule has 3 fully saturated rings. The van der Waals surface area contributed by atoms with E-state index >= 15 is 4.39 Å². The van der Waals surface area contributed by atoms with Crippen LogP contribution in [0.5, 0.6) is 5.88 Å². The molecule has 3 aromatic rings. The molecule has 0 unspecified atom stereocenters. The second kappa shape index (κ2) is 9.49. The minimum atomic E-state index is -0.531. The number of nitrogens with one attached hydrogen (secondary N) is 1. The van der Waals surface area contributed by atoms with E-state index in [1.54, 1.807) is 23.2 Å². The average molecular weight is 535 g/mol. The summed E-state index contributed by atoms with van der Waals surface area (Å²) in [5.74, 6) is 0.603.